The number of rotatable bonds is 4. The highest BCUT2D eigenvalue weighted by molar-refractivity contribution is 5.94. The molecule has 1 saturated heterocycles. The maximum absolute atomic E-state index is 13.0. The zero-order valence-electron chi connectivity index (χ0n) is 15.0. The average molecular weight is 371 g/mol. The van der Waals surface area contributed by atoms with Crippen molar-refractivity contribution in [3.63, 3.8) is 0 Å². The lowest BCUT2D eigenvalue weighted by molar-refractivity contribution is -0.130. The summed E-state index contributed by atoms with van der Waals surface area (Å²) >= 11 is 0. The first kappa shape index (κ1) is 18.6. The van der Waals surface area contributed by atoms with Crippen molar-refractivity contribution in [1.82, 2.24) is 15.2 Å². The SMILES string of the molecule is CC(=O)N1C[C@@H](NC(=O)c2ccc(F)cc2)C[C@@H](Nc2cccc(N)n2)C1. The van der Waals surface area contributed by atoms with Gasteiger partial charge in [0.2, 0.25) is 5.91 Å². The standard InChI is InChI=1S/C19H22FN5O2/c1-12(26)25-10-15(22-18-4-2-3-17(21)24-18)9-16(11-25)23-19(27)13-5-7-14(20)8-6-13/h2-8,15-16H,9-11H2,1H3,(H,23,27)(H3,21,22,24)/t15-,16+/m1/s1. The first-order valence-electron chi connectivity index (χ1n) is 8.71. The van der Waals surface area contributed by atoms with Crippen LogP contribution in [0.15, 0.2) is 42.5 Å². The van der Waals surface area contributed by atoms with Crippen molar-refractivity contribution in [3.05, 3.63) is 53.8 Å². The van der Waals surface area contributed by atoms with Gasteiger partial charge in [-0.15, -0.1) is 0 Å². The molecule has 3 rings (SSSR count). The van der Waals surface area contributed by atoms with Gasteiger partial charge in [-0.2, -0.15) is 0 Å². The van der Waals surface area contributed by atoms with E-state index in [1.54, 1.807) is 23.1 Å². The quantitative estimate of drug-likeness (QED) is 0.759. The molecule has 1 aromatic heterocycles. The summed E-state index contributed by atoms with van der Waals surface area (Å²) in [5.74, 6) is 0.259. The molecule has 0 unspecified atom stereocenters. The number of aromatic nitrogens is 1. The van der Waals surface area contributed by atoms with Crippen molar-refractivity contribution in [3.8, 4) is 0 Å². The van der Waals surface area contributed by atoms with Crippen molar-refractivity contribution in [2.24, 2.45) is 0 Å². The fourth-order valence-corrected chi connectivity index (χ4v) is 3.18. The highest BCUT2D eigenvalue weighted by atomic mass is 19.1. The molecular weight excluding hydrogens is 349 g/mol. The van der Waals surface area contributed by atoms with Crippen molar-refractivity contribution in [1.29, 1.82) is 0 Å². The van der Waals surface area contributed by atoms with Crippen LogP contribution >= 0.6 is 0 Å². The van der Waals surface area contributed by atoms with E-state index in [-0.39, 0.29) is 23.9 Å². The molecule has 0 saturated carbocycles. The van der Waals surface area contributed by atoms with Crippen LogP contribution in [-0.2, 0) is 4.79 Å². The summed E-state index contributed by atoms with van der Waals surface area (Å²) in [6, 6.07) is 10.3. The molecular formula is C19H22FN5O2. The summed E-state index contributed by atoms with van der Waals surface area (Å²) in [7, 11) is 0. The number of carbonyl (C=O) groups is 2. The van der Waals surface area contributed by atoms with E-state index >= 15 is 0 Å². The number of nitrogens with two attached hydrogens (primary N) is 1. The van der Waals surface area contributed by atoms with Crippen molar-refractivity contribution in [2.45, 2.75) is 25.4 Å². The zero-order chi connectivity index (χ0) is 19.4. The van der Waals surface area contributed by atoms with Crippen LogP contribution in [0.25, 0.3) is 0 Å². The topological polar surface area (TPSA) is 100 Å². The summed E-state index contributed by atoms with van der Waals surface area (Å²) in [4.78, 5) is 30.2. The van der Waals surface area contributed by atoms with Gasteiger partial charge in [0.05, 0.1) is 0 Å². The lowest BCUT2D eigenvalue weighted by atomic mass is 10.00. The second-order valence-electron chi connectivity index (χ2n) is 6.63. The smallest absolute Gasteiger partial charge is 0.251 e. The van der Waals surface area contributed by atoms with Gasteiger partial charge in [0.1, 0.15) is 17.5 Å². The molecule has 2 aromatic rings. The molecule has 0 bridgehead atoms. The molecule has 8 heteroatoms. The number of nitrogen functional groups attached to an aromatic ring is 1. The predicted octanol–water partition coefficient (Wildman–Crippen LogP) is 1.63. The molecule has 0 radical (unpaired) electrons. The molecule has 7 nitrogen and oxygen atoms in total. The molecule has 2 atom stereocenters. The number of hydrogen-bond donors (Lipinski definition) is 3. The van der Waals surface area contributed by atoms with Crippen LogP contribution in [0, 0.1) is 5.82 Å². The van der Waals surface area contributed by atoms with Crippen LogP contribution in [0.5, 0.6) is 0 Å². The van der Waals surface area contributed by atoms with Crippen LogP contribution in [0.4, 0.5) is 16.0 Å². The van der Waals surface area contributed by atoms with Gasteiger partial charge in [0.15, 0.2) is 0 Å². The number of hydrogen-bond acceptors (Lipinski definition) is 5. The molecule has 2 amide bonds. The van der Waals surface area contributed by atoms with E-state index in [1.165, 1.54) is 31.2 Å². The lowest BCUT2D eigenvalue weighted by Crippen LogP contribution is -2.55. The Kier molecular flexibility index (Phi) is 5.54. The van der Waals surface area contributed by atoms with Crippen molar-refractivity contribution in [2.75, 3.05) is 24.1 Å². The third-order valence-electron chi connectivity index (χ3n) is 4.46. The molecule has 4 N–H and O–H groups in total. The average Bonchev–Trinajstić information content (AvgIpc) is 2.62. The van der Waals surface area contributed by atoms with Gasteiger partial charge < -0.3 is 21.3 Å². The summed E-state index contributed by atoms with van der Waals surface area (Å²) < 4.78 is 13.0. The fraction of sp³-hybridized carbons (Fsp3) is 0.316. The van der Waals surface area contributed by atoms with E-state index in [1.807, 2.05) is 0 Å². The van der Waals surface area contributed by atoms with Gasteiger partial charge in [-0.05, 0) is 42.8 Å². The largest absolute Gasteiger partial charge is 0.384 e. The Balaban J connectivity index is 1.69. The maximum atomic E-state index is 13.0. The summed E-state index contributed by atoms with van der Waals surface area (Å²) in [5, 5.41) is 6.20. The number of likely N-dealkylation sites (tertiary alicyclic amines) is 1. The Labute approximate surface area is 156 Å². The number of carbonyl (C=O) groups excluding carboxylic acids is 2. The Morgan fingerprint density at radius 2 is 1.85 bits per heavy atom. The van der Waals surface area contributed by atoms with E-state index in [0.717, 1.165) is 0 Å². The number of halogens is 1. The first-order chi connectivity index (χ1) is 12.9. The monoisotopic (exact) mass is 371 g/mol. The minimum atomic E-state index is -0.397. The molecule has 2 heterocycles. The third-order valence-corrected chi connectivity index (χ3v) is 4.46. The number of pyridine rings is 1. The molecule has 27 heavy (non-hydrogen) atoms. The van der Waals surface area contributed by atoms with E-state index in [0.29, 0.717) is 36.7 Å². The maximum Gasteiger partial charge on any atom is 0.251 e. The van der Waals surface area contributed by atoms with Gasteiger partial charge in [0, 0.05) is 37.7 Å². The van der Waals surface area contributed by atoms with Crippen LogP contribution in [-0.4, -0.2) is 46.9 Å². The predicted molar refractivity (Wildman–Crippen MR) is 101 cm³/mol. The van der Waals surface area contributed by atoms with Crippen LogP contribution in [0.3, 0.4) is 0 Å². The normalized spacial score (nSPS) is 19.4. The minimum absolute atomic E-state index is 0.0666. The Bertz CT molecular complexity index is 827. The molecule has 0 aliphatic carbocycles. The van der Waals surface area contributed by atoms with E-state index in [9.17, 15) is 14.0 Å². The summed E-state index contributed by atoms with van der Waals surface area (Å²) in [6.45, 7) is 2.43. The first-order valence-corrected chi connectivity index (χ1v) is 8.71. The van der Waals surface area contributed by atoms with E-state index < -0.39 is 5.82 Å². The van der Waals surface area contributed by atoms with E-state index in [4.69, 9.17) is 5.73 Å². The molecule has 142 valence electrons. The number of benzene rings is 1. The Morgan fingerprint density at radius 1 is 1.15 bits per heavy atom. The van der Waals surface area contributed by atoms with Gasteiger partial charge in [-0.25, -0.2) is 9.37 Å². The lowest BCUT2D eigenvalue weighted by Gasteiger charge is -2.38. The summed E-state index contributed by atoms with van der Waals surface area (Å²) in [6.07, 6.45) is 0.618. The van der Waals surface area contributed by atoms with Crippen molar-refractivity contribution < 1.29 is 14.0 Å². The minimum Gasteiger partial charge on any atom is -0.384 e. The highest BCUT2D eigenvalue weighted by Gasteiger charge is 2.30. The number of nitrogens with one attached hydrogen (secondary N) is 2. The van der Waals surface area contributed by atoms with Gasteiger partial charge in [0.25, 0.3) is 5.91 Å². The number of amides is 2. The second kappa shape index (κ2) is 8.03. The summed E-state index contributed by atoms with van der Waals surface area (Å²) in [5.41, 5.74) is 6.08. The second-order valence-corrected chi connectivity index (χ2v) is 6.63. The Hall–Kier alpha value is -3.16. The van der Waals surface area contributed by atoms with Crippen LogP contribution in [0.1, 0.15) is 23.7 Å². The molecule has 1 aliphatic rings. The fourth-order valence-electron chi connectivity index (χ4n) is 3.18. The van der Waals surface area contributed by atoms with Gasteiger partial charge in [-0.1, -0.05) is 6.07 Å². The molecule has 1 fully saturated rings. The van der Waals surface area contributed by atoms with Gasteiger partial charge in [-0.3, -0.25) is 9.59 Å². The molecule has 1 aliphatic heterocycles. The number of nitrogens with zero attached hydrogens (tertiary/aromatic N) is 2. The number of anilines is 2. The van der Waals surface area contributed by atoms with Crippen LogP contribution < -0.4 is 16.4 Å². The molecule has 1 aromatic carbocycles. The molecule has 0 spiro atoms. The van der Waals surface area contributed by atoms with Crippen LogP contribution in [0.2, 0.25) is 0 Å². The zero-order valence-corrected chi connectivity index (χ0v) is 15.0. The van der Waals surface area contributed by atoms with Crippen molar-refractivity contribution >= 4 is 23.5 Å². The van der Waals surface area contributed by atoms with E-state index in [2.05, 4.69) is 15.6 Å². The third kappa shape index (κ3) is 4.93. The highest BCUT2D eigenvalue weighted by Crippen LogP contribution is 2.17. The van der Waals surface area contributed by atoms with Gasteiger partial charge >= 0.3 is 0 Å². The Morgan fingerprint density at radius 3 is 2.52 bits per heavy atom. The number of piperidine rings is 1.